The summed E-state index contributed by atoms with van der Waals surface area (Å²) >= 11 is 0. The fourth-order valence-corrected chi connectivity index (χ4v) is 4.03. The van der Waals surface area contributed by atoms with E-state index in [1.165, 1.54) is 4.31 Å². The number of hydrogen-bond acceptors (Lipinski definition) is 5. The molecule has 0 aliphatic carbocycles. The maximum Gasteiger partial charge on any atom is 0.253 e. The Balaban J connectivity index is 1.70. The van der Waals surface area contributed by atoms with Crippen LogP contribution >= 0.6 is 0 Å². The van der Waals surface area contributed by atoms with Gasteiger partial charge >= 0.3 is 0 Å². The lowest BCUT2D eigenvalue weighted by molar-refractivity contribution is 0.0947. The van der Waals surface area contributed by atoms with Crippen molar-refractivity contribution in [1.82, 2.24) is 5.32 Å². The summed E-state index contributed by atoms with van der Waals surface area (Å²) in [5.41, 5.74) is 1.42. The molecule has 0 bridgehead atoms. The number of benzene rings is 3. The minimum Gasteiger partial charge on any atom is -0.497 e. The summed E-state index contributed by atoms with van der Waals surface area (Å²) in [5, 5.41) is 2.79. The Kier molecular flexibility index (Phi) is 7.72. The second-order valence-corrected chi connectivity index (χ2v) is 8.96. The lowest BCUT2D eigenvalue weighted by Crippen LogP contribution is -2.33. The molecule has 0 fully saturated rings. The zero-order valence-corrected chi connectivity index (χ0v) is 18.8. The standard InChI is InChI=1S/C24H26N2O5S/c1-30-20-11-8-12-21(17-20)31-16-15-25-24(27)22-13-6-7-14-23(22)26(32(2,28)29)18-19-9-4-3-5-10-19/h3-14,17H,15-16,18H2,1-2H3,(H,25,27). The van der Waals surface area contributed by atoms with E-state index in [0.29, 0.717) is 17.2 Å². The highest BCUT2D eigenvalue weighted by Crippen LogP contribution is 2.25. The van der Waals surface area contributed by atoms with Gasteiger partial charge in [-0.2, -0.15) is 0 Å². The van der Waals surface area contributed by atoms with Crippen LogP contribution in [0.4, 0.5) is 5.69 Å². The van der Waals surface area contributed by atoms with E-state index in [9.17, 15) is 13.2 Å². The fourth-order valence-electron chi connectivity index (χ4n) is 3.13. The monoisotopic (exact) mass is 454 g/mol. The Morgan fingerprint density at radius 1 is 0.938 bits per heavy atom. The number of anilines is 1. The largest absolute Gasteiger partial charge is 0.497 e. The summed E-state index contributed by atoms with van der Waals surface area (Å²) in [4.78, 5) is 12.9. The molecule has 3 aromatic rings. The van der Waals surface area contributed by atoms with Crippen molar-refractivity contribution < 1.29 is 22.7 Å². The molecule has 0 aliphatic rings. The summed E-state index contributed by atoms with van der Waals surface area (Å²) in [6, 6.07) is 23.1. The van der Waals surface area contributed by atoms with Gasteiger partial charge in [-0.3, -0.25) is 9.10 Å². The summed E-state index contributed by atoms with van der Waals surface area (Å²) in [7, 11) is -2.05. The zero-order chi connectivity index (χ0) is 23.0. The van der Waals surface area contributed by atoms with E-state index in [1.807, 2.05) is 42.5 Å². The molecule has 0 saturated carbocycles. The average Bonchev–Trinajstić information content (AvgIpc) is 2.80. The van der Waals surface area contributed by atoms with E-state index in [-0.39, 0.29) is 31.2 Å². The van der Waals surface area contributed by atoms with Crippen LogP contribution in [-0.4, -0.2) is 40.8 Å². The third kappa shape index (κ3) is 6.24. The number of rotatable bonds is 10. The second kappa shape index (κ2) is 10.7. The highest BCUT2D eigenvalue weighted by atomic mass is 32.2. The maximum absolute atomic E-state index is 12.9. The van der Waals surface area contributed by atoms with Crippen LogP contribution in [0.1, 0.15) is 15.9 Å². The second-order valence-electron chi connectivity index (χ2n) is 7.06. The van der Waals surface area contributed by atoms with Crippen molar-refractivity contribution in [3.05, 3.63) is 90.0 Å². The molecule has 0 saturated heterocycles. The molecule has 1 amide bonds. The number of carbonyl (C=O) groups is 1. The minimum atomic E-state index is -3.62. The van der Waals surface area contributed by atoms with Crippen molar-refractivity contribution in [2.75, 3.05) is 30.8 Å². The molecule has 0 unspecified atom stereocenters. The summed E-state index contributed by atoms with van der Waals surface area (Å²) in [6.45, 7) is 0.631. The van der Waals surface area contributed by atoms with Crippen LogP contribution in [0.3, 0.4) is 0 Å². The van der Waals surface area contributed by atoms with E-state index >= 15 is 0 Å². The van der Waals surface area contributed by atoms with Gasteiger partial charge in [-0.05, 0) is 29.8 Å². The molecule has 3 rings (SSSR count). The molecule has 8 heteroatoms. The van der Waals surface area contributed by atoms with E-state index in [2.05, 4.69) is 5.32 Å². The van der Waals surface area contributed by atoms with Crippen molar-refractivity contribution in [2.24, 2.45) is 0 Å². The average molecular weight is 455 g/mol. The third-order valence-electron chi connectivity index (χ3n) is 4.68. The zero-order valence-electron chi connectivity index (χ0n) is 18.0. The molecule has 0 heterocycles. The highest BCUT2D eigenvalue weighted by Gasteiger charge is 2.23. The number of amides is 1. The van der Waals surface area contributed by atoms with Gasteiger partial charge < -0.3 is 14.8 Å². The van der Waals surface area contributed by atoms with Crippen LogP contribution in [0.2, 0.25) is 0 Å². The quantitative estimate of drug-likeness (QED) is 0.474. The molecule has 0 radical (unpaired) electrons. The normalized spacial score (nSPS) is 10.9. The van der Waals surface area contributed by atoms with E-state index in [1.54, 1.807) is 43.5 Å². The predicted molar refractivity (Wildman–Crippen MR) is 125 cm³/mol. The molecule has 168 valence electrons. The Hall–Kier alpha value is -3.52. The third-order valence-corrected chi connectivity index (χ3v) is 5.81. The molecule has 0 aliphatic heterocycles. The van der Waals surface area contributed by atoms with Crippen molar-refractivity contribution in [2.45, 2.75) is 6.54 Å². The number of ether oxygens (including phenoxy) is 2. The first-order valence-corrected chi connectivity index (χ1v) is 11.9. The van der Waals surface area contributed by atoms with Crippen LogP contribution in [0.5, 0.6) is 11.5 Å². The van der Waals surface area contributed by atoms with Crippen molar-refractivity contribution >= 4 is 21.6 Å². The van der Waals surface area contributed by atoms with Crippen LogP contribution in [0.15, 0.2) is 78.9 Å². The van der Waals surface area contributed by atoms with Gasteiger partial charge in [0.1, 0.15) is 18.1 Å². The van der Waals surface area contributed by atoms with Crippen LogP contribution < -0.4 is 19.1 Å². The molecule has 3 aromatic carbocycles. The molecule has 32 heavy (non-hydrogen) atoms. The van der Waals surface area contributed by atoms with Gasteiger partial charge in [-0.15, -0.1) is 0 Å². The highest BCUT2D eigenvalue weighted by molar-refractivity contribution is 7.92. The molecule has 0 aromatic heterocycles. The fraction of sp³-hybridized carbons (Fsp3) is 0.208. The van der Waals surface area contributed by atoms with Gasteiger partial charge in [0.2, 0.25) is 10.0 Å². The van der Waals surface area contributed by atoms with Crippen LogP contribution in [0.25, 0.3) is 0 Å². The number of hydrogen-bond donors (Lipinski definition) is 1. The molecule has 0 spiro atoms. The Morgan fingerprint density at radius 3 is 2.34 bits per heavy atom. The van der Waals surface area contributed by atoms with Crippen LogP contribution in [0, 0.1) is 0 Å². The van der Waals surface area contributed by atoms with Gasteiger partial charge in [-0.25, -0.2) is 8.42 Å². The van der Waals surface area contributed by atoms with Crippen molar-refractivity contribution in [3.63, 3.8) is 0 Å². The van der Waals surface area contributed by atoms with E-state index in [4.69, 9.17) is 9.47 Å². The number of nitrogens with one attached hydrogen (secondary N) is 1. The smallest absolute Gasteiger partial charge is 0.253 e. The topological polar surface area (TPSA) is 84.9 Å². The van der Waals surface area contributed by atoms with Gasteiger partial charge in [0, 0.05) is 6.07 Å². The Bertz CT molecular complexity index is 1150. The lowest BCUT2D eigenvalue weighted by atomic mass is 10.1. The van der Waals surface area contributed by atoms with Crippen molar-refractivity contribution in [1.29, 1.82) is 0 Å². The first-order chi connectivity index (χ1) is 15.4. The van der Waals surface area contributed by atoms with E-state index < -0.39 is 10.0 Å². The number of sulfonamides is 1. The molecule has 1 N–H and O–H groups in total. The van der Waals surface area contributed by atoms with Crippen molar-refractivity contribution in [3.8, 4) is 11.5 Å². The van der Waals surface area contributed by atoms with Crippen LogP contribution in [-0.2, 0) is 16.6 Å². The van der Waals surface area contributed by atoms with Gasteiger partial charge in [0.05, 0.1) is 37.7 Å². The van der Waals surface area contributed by atoms with Gasteiger partial charge in [-0.1, -0.05) is 48.5 Å². The summed E-state index contributed by atoms with van der Waals surface area (Å²) in [5.74, 6) is 0.932. The molecular weight excluding hydrogens is 428 g/mol. The number of carbonyl (C=O) groups excluding carboxylic acids is 1. The number of methoxy groups -OCH3 is 1. The van der Waals surface area contributed by atoms with E-state index in [0.717, 1.165) is 11.8 Å². The number of nitrogens with zero attached hydrogens (tertiary/aromatic N) is 1. The lowest BCUT2D eigenvalue weighted by Gasteiger charge is -2.24. The van der Waals surface area contributed by atoms with Gasteiger partial charge in [0.25, 0.3) is 5.91 Å². The number of para-hydroxylation sites is 1. The Morgan fingerprint density at radius 2 is 1.62 bits per heavy atom. The summed E-state index contributed by atoms with van der Waals surface area (Å²) < 4.78 is 37.1. The predicted octanol–water partition coefficient (Wildman–Crippen LogP) is 3.47. The summed E-state index contributed by atoms with van der Waals surface area (Å²) in [6.07, 6.45) is 1.13. The molecular formula is C24H26N2O5S. The Labute approximate surface area is 188 Å². The first kappa shape index (κ1) is 23.1. The van der Waals surface area contributed by atoms with Gasteiger partial charge in [0.15, 0.2) is 0 Å². The maximum atomic E-state index is 12.9. The molecule has 0 atom stereocenters. The SMILES string of the molecule is COc1cccc(OCCNC(=O)c2ccccc2N(Cc2ccccc2)S(C)(=O)=O)c1. The molecule has 7 nitrogen and oxygen atoms in total. The first-order valence-electron chi connectivity index (χ1n) is 10.0. The minimum absolute atomic E-state index is 0.128.